The van der Waals surface area contributed by atoms with Crippen LogP contribution in [0.3, 0.4) is 0 Å². The Morgan fingerprint density at radius 1 is 0.941 bits per heavy atom. The number of nitrogens with zero attached hydrogens (tertiary/aromatic N) is 1. The van der Waals surface area contributed by atoms with Crippen molar-refractivity contribution in [3.05, 3.63) is 0 Å². The van der Waals surface area contributed by atoms with Crippen molar-refractivity contribution in [1.29, 1.82) is 0 Å². The van der Waals surface area contributed by atoms with Crippen LogP contribution in [0.15, 0.2) is 0 Å². The van der Waals surface area contributed by atoms with E-state index in [1.807, 2.05) is 25.9 Å². The van der Waals surface area contributed by atoms with Crippen molar-refractivity contribution in [2.75, 3.05) is 27.2 Å². The Hall–Kier alpha value is -1.22. The van der Waals surface area contributed by atoms with Gasteiger partial charge in [-0.25, -0.2) is 0 Å². The van der Waals surface area contributed by atoms with Crippen molar-refractivity contribution in [2.45, 2.75) is 127 Å². The first-order valence-corrected chi connectivity index (χ1v) is 13.5. The number of rotatable bonds is 7. The molecule has 2 aliphatic rings. The van der Waals surface area contributed by atoms with Gasteiger partial charge in [0.2, 0.25) is 0 Å². The van der Waals surface area contributed by atoms with Gasteiger partial charge in [0.25, 0.3) is 0 Å². The van der Waals surface area contributed by atoms with Crippen molar-refractivity contribution in [1.82, 2.24) is 10.2 Å². The zero-order valence-corrected chi connectivity index (χ0v) is 21.6. The van der Waals surface area contributed by atoms with Crippen LogP contribution in [0.25, 0.3) is 0 Å². The molecule has 198 valence electrons. The van der Waals surface area contributed by atoms with E-state index < -0.39 is 24.3 Å². The molecule has 0 saturated carbocycles. The van der Waals surface area contributed by atoms with Crippen LogP contribution in [0.4, 0.5) is 0 Å². The first kappa shape index (κ1) is 29.0. The van der Waals surface area contributed by atoms with Crippen LogP contribution in [0.1, 0.15) is 96.8 Å². The van der Waals surface area contributed by atoms with Gasteiger partial charge in [0, 0.05) is 0 Å². The molecule has 0 radical (unpaired) electrons. The Bertz CT molecular complexity index is 572. The van der Waals surface area contributed by atoms with Crippen molar-refractivity contribution in [3.8, 4) is 0 Å². The second kappa shape index (κ2) is 16.5. The lowest BCUT2D eigenvalue weighted by Gasteiger charge is -2.43. The highest BCUT2D eigenvalue weighted by Crippen LogP contribution is 2.29. The number of carbonyl (C=O) groups is 2. The fraction of sp³-hybridized carbons (Fsp3) is 0.923. The number of nitrogens with one attached hydrogen (secondary N) is 1. The van der Waals surface area contributed by atoms with E-state index >= 15 is 0 Å². The summed E-state index contributed by atoms with van der Waals surface area (Å²) in [5, 5.41) is 12.5. The summed E-state index contributed by atoms with van der Waals surface area (Å²) in [7, 11) is 3.94. The first-order chi connectivity index (χ1) is 16.4. The number of carboxylic acid groups (broad SMARTS) is 1. The predicted octanol–water partition coefficient (Wildman–Crippen LogP) is 4.11. The maximum absolute atomic E-state index is 12.4. The molecule has 5 atom stereocenters. The molecule has 2 fully saturated rings. The molecule has 0 bridgehead atoms. The zero-order valence-electron chi connectivity index (χ0n) is 21.6. The second-order valence-electron chi connectivity index (χ2n) is 10.2. The fourth-order valence-corrected chi connectivity index (χ4v) is 4.91. The number of esters is 1. The second-order valence-corrected chi connectivity index (χ2v) is 10.2. The summed E-state index contributed by atoms with van der Waals surface area (Å²) in [5.74, 6) is -1.52. The molecule has 2 N–H and O–H groups in total. The summed E-state index contributed by atoms with van der Waals surface area (Å²) in [6.07, 6.45) is 12.0. The SMILES string of the molecule is CC1CC(N(C)C)C(OC(=O)CCC(=O)O)C(OC2CCCCCCCCNCCCCC2)O1. The number of carbonyl (C=O) groups excluding carboxylic acids is 1. The number of hydrogen-bond acceptors (Lipinski definition) is 7. The van der Waals surface area contributed by atoms with Crippen LogP contribution < -0.4 is 5.32 Å². The van der Waals surface area contributed by atoms with E-state index in [-0.39, 0.29) is 31.1 Å². The Morgan fingerprint density at radius 3 is 2.15 bits per heavy atom. The van der Waals surface area contributed by atoms with Crippen LogP contribution in [0.5, 0.6) is 0 Å². The number of ether oxygens (including phenoxy) is 3. The molecule has 2 rings (SSSR count). The summed E-state index contributed by atoms with van der Waals surface area (Å²) in [6.45, 7) is 4.23. The van der Waals surface area contributed by atoms with E-state index in [1.54, 1.807) is 0 Å². The Balaban J connectivity index is 2.03. The number of aliphatic carboxylic acids is 1. The molecule has 0 aliphatic carbocycles. The molecule has 34 heavy (non-hydrogen) atoms. The molecule has 2 saturated heterocycles. The van der Waals surface area contributed by atoms with Crippen molar-refractivity contribution < 1.29 is 28.9 Å². The minimum Gasteiger partial charge on any atom is -0.481 e. The molecule has 0 spiro atoms. The molecule has 8 nitrogen and oxygen atoms in total. The average molecular weight is 485 g/mol. The molecule has 2 heterocycles. The van der Waals surface area contributed by atoms with Gasteiger partial charge in [-0.05, 0) is 66.2 Å². The lowest BCUT2D eigenvalue weighted by Crippen LogP contribution is -2.56. The Kier molecular flexibility index (Phi) is 14.0. The van der Waals surface area contributed by atoms with E-state index in [0.29, 0.717) is 0 Å². The smallest absolute Gasteiger partial charge is 0.306 e. The highest BCUT2D eigenvalue weighted by atomic mass is 16.7. The summed E-state index contributed by atoms with van der Waals surface area (Å²) >= 11 is 0. The molecule has 0 amide bonds. The quantitative estimate of drug-likeness (QED) is 0.521. The van der Waals surface area contributed by atoms with Gasteiger partial charge in [0.15, 0.2) is 12.4 Å². The minimum atomic E-state index is -1.01. The number of likely N-dealkylation sites (N-methyl/N-ethyl adjacent to an activating group) is 1. The lowest BCUT2D eigenvalue weighted by molar-refractivity contribution is -0.274. The summed E-state index contributed by atoms with van der Waals surface area (Å²) in [5.41, 5.74) is 0. The van der Waals surface area contributed by atoms with Gasteiger partial charge in [-0.2, -0.15) is 0 Å². The van der Waals surface area contributed by atoms with Gasteiger partial charge < -0.3 is 29.5 Å². The van der Waals surface area contributed by atoms with Gasteiger partial charge in [-0.15, -0.1) is 0 Å². The molecular formula is C26H48N2O6. The van der Waals surface area contributed by atoms with Gasteiger partial charge in [-0.1, -0.05) is 44.9 Å². The molecule has 8 heteroatoms. The van der Waals surface area contributed by atoms with Gasteiger partial charge in [-0.3, -0.25) is 9.59 Å². The van der Waals surface area contributed by atoms with Crippen molar-refractivity contribution in [2.24, 2.45) is 0 Å². The highest BCUT2D eigenvalue weighted by Gasteiger charge is 2.42. The maximum atomic E-state index is 12.4. The highest BCUT2D eigenvalue weighted by molar-refractivity contribution is 5.76. The first-order valence-electron chi connectivity index (χ1n) is 13.5. The third-order valence-corrected chi connectivity index (χ3v) is 6.90. The van der Waals surface area contributed by atoms with Crippen LogP contribution in [-0.2, 0) is 23.8 Å². The van der Waals surface area contributed by atoms with Crippen LogP contribution in [-0.4, -0.2) is 79.8 Å². The fourth-order valence-electron chi connectivity index (χ4n) is 4.91. The third kappa shape index (κ3) is 11.5. The zero-order chi connectivity index (χ0) is 24.8. The third-order valence-electron chi connectivity index (χ3n) is 6.90. The van der Waals surface area contributed by atoms with Gasteiger partial charge in [0.05, 0.1) is 31.1 Å². The summed E-state index contributed by atoms with van der Waals surface area (Å²) in [6, 6.07) is -0.0455. The van der Waals surface area contributed by atoms with Crippen LogP contribution in [0.2, 0.25) is 0 Å². The van der Waals surface area contributed by atoms with E-state index in [0.717, 1.165) is 45.2 Å². The molecule has 5 unspecified atom stereocenters. The van der Waals surface area contributed by atoms with Gasteiger partial charge in [0.1, 0.15) is 0 Å². The number of carboxylic acids is 1. The minimum absolute atomic E-state index is 0.0142. The van der Waals surface area contributed by atoms with E-state index in [4.69, 9.17) is 19.3 Å². The molecule has 0 aromatic heterocycles. The normalized spacial score (nSPS) is 30.8. The molecule has 0 aromatic carbocycles. The predicted molar refractivity (Wildman–Crippen MR) is 132 cm³/mol. The van der Waals surface area contributed by atoms with Gasteiger partial charge >= 0.3 is 11.9 Å². The van der Waals surface area contributed by atoms with Crippen molar-refractivity contribution >= 4 is 11.9 Å². The van der Waals surface area contributed by atoms with E-state index in [1.165, 1.54) is 44.9 Å². The molecule has 2 aliphatic heterocycles. The Morgan fingerprint density at radius 2 is 1.53 bits per heavy atom. The largest absolute Gasteiger partial charge is 0.481 e. The summed E-state index contributed by atoms with van der Waals surface area (Å²) in [4.78, 5) is 25.4. The van der Waals surface area contributed by atoms with Crippen LogP contribution >= 0.6 is 0 Å². The monoisotopic (exact) mass is 484 g/mol. The standard InChI is InChI=1S/C26H48N2O6/c1-20-19-22(28(2)3)25(34-24(31)16-15-23(29)30)26(32-20)33-21-13-9-6-4-5-7-11-17-27-18-12-8-10-14-21/h20-22,25-27H,4-19H2,1-3H3,(H,29,30). The lowest BCUT2D eigenvalue weighted by atomic mass is 9.98. The van der Waals surface area contributed by atoms with Crippen LogP contribution in [0, 0.1) is 0 Å². The van der Waals surface area contributed by atoms with Crippen molar-refractivity contribution in [3.63, 3.8) is 0 Å². The topological polar surface area (TPSA) is 97.3 Å². The Labute approximate surface area is 206 Å². The number of hydrogen-bond donors (Lipinski definition) is 2. The van der Waals surface area contributed by atoms with E-state index in [2.05, 4.69) is 5.32 Å². The molecule has 0 aromatic rings. The van der Waals surface area contributed by atoms with E-state index in [9.17, 15) is 9.59 Å². The average Bonchev–Trinajstić information content (AvgIpc) is 2.79. The molecular weight excluding hydrogens is 436 g/mol. The summed E-state index contributed by atoms with van der Waals surface area (Å²) < 4.78 is 18.5. The maximum Gasteiger partial charge on any atom is 0.306 e.